The smallest absolute Gasteiger partial charge is 0.145 e. The molecule has 0 aliphatic heterocycles. The number of benzene rings is 2. The second kappa shape index (κ2) is 5.35. The lowest BCUT2D eigenvalue weighted by atomic mass is 10.2. The van der Waals surface area contributed by atoms with Crippen molar-refractivity contribution in [1.29, 1.82) is 0 Å². The zero-order chi connectivity index (χ0) is 13.9. The van der Waals surface area contributed by atoms with Crippen molar-refractivity contribution >= 4 is 34.0 Å². The monoisotopic (exact) mass is 285 g/mol. The van der Waals surface area contributed by atoms with E-state index in [1.165, 1.54) is 6.33 Å². The highest BCUT2D eigenvalue weighted by Gasteiger charge is 2.07. The number of para-hydroxylation sites is 1. The minimum atomic E-state index is 0.699. The van der Waals surface area contributed by atoms with E-state index in [0.29, 0.717) is 5.02 Å². The molecule has 3 rings (SSSR count). The molecule has 3 aromatic rings. The molecule has 0 amide bonds. The summed E-state index contributed by atoms with van der Waals surface area (Å²) in [6.07, 6.45) is 1.52. The van der Waals surface area contributed by atoms with E-state index in [1.807, 2.05) is 42.5 Å². The lowest BCUT2D eigenvalue weighted by molar-refractivity contribution is 0.419. The lowest BCUT2D eigenvalue weighted by Gasteiger charge is -2.10. The van der Waals surface area contributed by atoms with Gasteiger partial charge in [-0.05, 0) is 36.4 Å². The summed E-state index contributed by atoms with van der Waals surface area (Å²) in [5.41, 5.74) is 1.69. The first-order valence-electron chi connectivity index (χ1n) is 6.08. The standard InChI is InChI=1S/C15H12ClN3O/c1-20-13-4-2-3-12-14(13)17-9-18-15(12)19-11-7-5-10(16)6-8-11/h2-9H,1H3,(H,17,18,19). The molecule has 1 aromatic heterocycles. The van der Waals surface area contributed by atoms with Crippen LogP contribution in [0.25, 0.3) is 10.9 Å². The van der Waals surface area contributed by atoms with E-state index in [1.54, 1.807) is 7.11 Å². The van der Waals surface area contributed by atoms with Gasteiger partial charge in [-0.1, -0.05) is 17.7 Å². The first-order chi connectivity index (χ1) is 9.78. The van der Waals surface area contributed by atoms with Gasteiger partial charge in [0.1, 0.15) is 23.4 Å². The van der Waals surface area contributed by atoms with Crippen molar-refractivity contribution in [2.24, 2.45) is 0 Å². The SMILES string of the molecule is COc1cccc2c(Nc3ccc(Cl)cc3)ncnc12. The molecular weight excluding hydrogens is 274 g/mol. The van der Waals surface area contributed by atoms with Gasteiger partial charge in [0.2, 0.25) is 0 Å². The number of hydrogen-bond acceptors (Lipinski definition) is 4. The predicted molar refractivity (Wildman–Crippen MR) is 80.8 cm³/mol. The average Bonchev–Trinajstić information content (AvgIpc) is 2.49. The molecule has 0 unspecified atom stereocenters. The number of fused-ring (bicyclic) bond motifs is 1. The highest BCUT2D eigenvalue weighted by atomic mass is 35.5. The molecule has 1 heterocycles. The Balaban J connectivity index is 2.05. The van der Waals surface area contributed by atoms with Crippen LogP contribution in [0.4, 0.5) is 11.5 Å². The summed E-state index contributed by atoms with van der Waals surface area (Å²) in [5, 5.41) is 4.86. The topological polar surface area (TPSA) is 47.0 Å². The minimum absolute atomic E-state index is 0.699. The second-order valence-corrected chi connectivity index (χ2v) is 4.65. The molecule has 20 heavy (non-hydrogen) atoms. The maximum Gasteiger partial charge on any atom is 0.145 e. The zero-order valence-corrected chi connectivity index (χ0v) is 11.6. The molecule has 0 bridgehead atoms. The number of halogens is 1. The normalized spacial score (nSPS) is 10.5. The van der Waals surface area contributed by atoms with Crippen LogP contribution < -0.4 is 10.1 Å². The Labute approximate surface area is 121 Å². The molecule has 4 nitrogen and oxygen atoms in total. The van der Waals surface area contributed by atoms with Crippen molar-refractivity contribution in [3.8, 4) is 5.75 Å². The van der Waals surface area contributed by atoms with Gasteiger partial charge >= 0.3 is 0 Å². The quantitative estimate of drug-likeness (QED) is 0.789. The Bertz CT molecular complexity index is 744. The average molecular weight is 286 g/mol. The molecule has 0 saturated carbocycles. The van der Waals surface area contributed by atoms with Crippen molar-refractivity contribution in [1.82, 2.24) is 9.97 Å². The van der Waals surface area contributed by atoms with E-state index in [2.05, 4.69) is 15.3 Å². The van der Waals surface area contributed by atoms with E-state index >= 15 is 0 Å². The summed E-state index contributed by atoms with van der Waals surface area (Å²) in [6, 6.07) is 13.2. The van der Waals surface area contributed by atoms with Crippen LogP contribution in [0, 0.1) is 0 Å². The van der Waals surface area contributed by atoms with Gasteiger partial charge in [-0.25, -0.2) is 9.97 Å². The Kier molecular flexibility index (Phi) is 3.39. The number of methoxy groups -OCH3 is 1. The van der Waals surface area contributed by atoms with E-state index in [0.717, 1.165) is 28.2 Å². The molecule has 0 aliphatic carbocycles. The van der Waals surface area contributed by atoms with E-state index in [-0.39, 0.29) is 0 Å². The fourth-order valence-electron chi connectivity index (χ4n) is 1.99. The van der Waals surface area contributed by atoms with Gasteiger partial charge in [-0.3, -0.25) is 0 Å². The number of ether oxygens (including phenoxy) is 1. The first kappa shape index (κ1) is 12.7. The zero-order valence-electron chi connectivity index (χ0n) is 10.8. The molecule has 5 heteroatoms. The molecule has 1 N–H and O–H groups in total. The number of nitrogens with zero attached hydrogens (tertiary/aromatic N) is 2. The summed E-state index contributed by atoms with van der Waals surface area (Å²) in [5.74, 6) is 1.46. The van der Waals surface area contributed by atoms with Crippen LogP contribution in [0.3, 0.4) is 0 Å². The number of rotatable bonds is 3. The predicted octanol–water partition coefficient (Wildman–Crippen LogP) is 4.04. The van der Waals surface area contributed by atoms with Gasteiger partial charge in [0.15, 0.2) is 0 Å². The van der Waals surface area contributed by atoms with Gasteiger partial charge in [0.05, 0.1) is 7.11 Å². The molecular formula is C15H12ClN3O. The largest absolute Gasteiger partial charge is 0.494 e. The Morgan fingerprint density at radius 1 is 1.05 bits per heavy atom. The third-order valence-corrected chi connectivity index (χ3v) is 3.21. The van der Waals surface area contributed by atoms with Gasteiger partial charge in [-0.15, -0.1) is 0 Å². The third-order valence-electron chi connectivity index (χ3n) is 2.95. The molecule has 2 aromatic carbocycles. The van der Waals surface area contributed by atoms with Crippen LogP contribution in [-0.2, 0) is 0 Å². The number of hydrogen-bond donors (Lipinski definition) is 1. The summed E-state index contributed by atoms with van der Waals surface area (Å²) in [4.78, 5) is 8.56. The first-order valence-corrected chi connectivity index (χ1v) is 6.46. The van der Waals surface area contributed by atoms with Crippen LogP contribution in [0.5, 0.6) is 5.75 Å². The van der Waals surface area contributed by atoms with Crippen molar-refractivity contribution in [2.45, 2.75) is 0 Å². The second-order valence-electron chi connectivity index (χ2n) is 4.21. The van der Waals surface area contributed by atoms with E-state index < -0.39 is 0 Å². The van der Waals surface area contributed by atoms with Crippen molar-refractivity contribution in [3.63, 3.8) is 0 Å². The van der Waals surface area contributed by atoms with Gasteiger partial charge in [-0.2, -0.15) is 0 Å². The van der Waals surface area contributed by atoms with Crippen LogP contribution in [0.15, 0.2) is 48.8 Å². The van der Waals surface area contributed by atoms with Crippen molar-refractivity contribution in [3.05, 3.63) is 53.8 Å². The molecule has 100 valence electrons. The third kappa shape index (κ3) is 2.38. The number of anilines is 2. The molecule has 0 atom stereocenters. The fraction of sp³-hybridized carbons (Fsp3) is 0.0667. The Morgan fingerprint density at radius 2 is 1.85 bits per heavy atom. The van der Waals surface area contributed by atoms with Crippen molar-refractivity contribution in [2.75, 3.05) is 12.4 Å². The van der Waals surface area contributed by atoms with Gasteiger partial charge < -0.3 is 10.1 Å². The maximum atomic E-state index is 5.88. The lowest BCUT2D eigenvalue weighted by Crippen LogP contribution is -1.97. The summed E-state index contributed by atoms with van der Waals surface area (Å²) in [6.45, 7) is 0. The highest BCUT2D eigenvalue weighted by Crippen LogP contribution is 2.29. The van der Waals surface area contributed by atoms with Crippen LogP contribution in [-0.4, -0.2) is 17.1 Å². The van der Waals surface area contributed by atoms with Crippen LogP contribution in [0.1, 0.15) is 0 Å². The number of aromatic nitrogens is 2. The van der Waals surface area contributed by atoms with Crippen LogP contribution >= 0.6 is 11.6 Å². The van der Waals surface area contributed by atoms with E-state index in [9.17, 15) is 0 Å². The molecule has 0 radical (unpaired) electrons. The van der Waals surface area contributed by atoms with E-state index in [4.69, 9.17) is 16.3 Å². The molecule has 0 aliphatic rings. The van der Waals surface area contributed by atoms with Gasteiger partial charge in [0.25, 0.3) is 0 Å². The molecule has 0 saturated heterocycles. The molecule has 0 spiro atoms. The minimum Gasteiger partial charge on any atom is -0.494 e. The molecule has 0 fully saturated rings. The summed E-state index contributed by atoms with van der Waals surface area (Å²) >= 11 is 5.88. The maximum absolute atomic E-state index is 5.88. The number of nitrogens with one attached hydrogen (secondary N) is 1. The Morgan fingerprint density at radius 3 is 2.60 bits per heavy atom. The summed E-state index contributed by atoms with van der Waals surface area (Å²) < 4.78 is 5.31. The fourth-order valence-corrected chi connectivity index (χ4v) is 2.12. The van der Waals surface area contributed by atoms with Crippen LogP contribution in [0.2, 0.25) is 5.02 Å². The summed E-state index contributed by atoms with van der Waals surface area (Å²) in [7, 11) is 1.63. The van der Waals surface area contributed by atoms with Gasteiger partial charge in [0, 0.05) is 16.1 Å². The van der Waals surface area contributed by atoms with Crippen molar-refractivity contribution < 1.29 is 4.74 Å². The Hall–Kier alpha value is -2.33. The highest BCUT2D eigenvalue weighted by molar-refractivity contribution is 6.30.